The van der Waals surface area contributed by atoms with Crippen molar-refractivity contribution in [1.82, 2.24) is 15.1 Å². The van der Waals surface area contributed by atoms with Crippen LogP contribution in [0.25, 0.3) is 0 Å². The third-order valence-electron chi connectivity index (χ3n) is 3.28. The van der Waals surface area contributed by atoms with E-state index < -0.39 is 11.7 Å². The quantitative estimate of drug-likeness (QED) is 0.888. The highest BCUT2D eigenvalue weighted by Gasteiger charge is 2.29. The van der Waals surface area contributed by atoms with Gasteiger partial charge in [-0.1, -0.05) is 0 Å². The van der Waals surface area contributed by atoms with Gasteiger partial charge in [-0.15, -0.1) is 0 Å². The molecular formula is C15H17F3N4O. The summed E-state index contributed by atoms with van der Waals surface area (Å²) in [5.74, 6) is -0.298. The molecule has 1 amide bonds. The van der Waals surface area contributed by atoms with Crippen LogP contribution in [0.1, 0.15) is 16.8 Å². The minimum Gasteiger partial charge on any atom is -0.325 e. The van der Waals surface area contributed by atoms with E-state index in [2.05, 4.69) is 15.5 Å². The van der Waals surface area contributed by atoms with Crippen LogP contribution in [0.5, 0.6) is 0 Å². The Hall–Kier alpha value is -2.35. The molecule has 8 heteroatoms. The first-order valence-electron chi connectivity index (χ1n) is 6.90. The standard InChI is InChI=1S/C15H17F3N4O/c1-10-11(7-19-21-10)8-22(2)9-14(23)20-13-5-3-12(4-6-13)15(16,17)18/h3-7H,8-9H2,1-2H3,(H,19,21)(H,20,23). The molecule has 0 radical (unpaired) electrons. The van der Waals surface area contributed by atoms with Crippen molar-refractivity contribution in [1.29, 1.82) is 0 Å². The van der Waals surface area contributed by atoms with Crippen molar-refractivity contribution in [2.45, 2.75) is 19.6 Å². The van der Waals surface area contributed by atoms with Gasteiger partial charge in [0, 0.05) is 23.5 Å². The van der Waals surface area contributed by atoms with Crippen LogP contribution in [-0.4, -0.2) is 34.6 Å². The molecule has 0 saturated carbocycles. The number of likely N-dealkylation sites (N-methyl/N-ethyl adjacent to an activating group) is 1. The van der Waals surface area contributed by atoms with Crippen LogP contribution in [-0.2, 0) is 17.5 Å². The molecule has 1 aromatic carbocycles. The minimum atomic E-state index is -4.38. The van der Waals surface area contributed by atoms with Gasteiger partial charge in [0.2, 0.25) is 5.91 Å². The van der Waals surface area contributed by atoms with Crippen LogP contribution in [0.3, 0.4) is 0 Å². The van der Waals surface area contributed by atoms with Crippen LogP contribution in [0.2, 0.25) is 0 Å². The molecule has 2 aromatic rings. The van der Waals surface area contributed by atoms with E-state index in [9.17, 15) is 18.0 Å². The maximum atomic E-state index is 12.5. The molecule has 5 nitrogen and oxygen atoms in total. The number of rotatable bonds is 5. The Labute approximate surface area is 131 Å². The lowest BCUT2D eigenvalue weighted by Gasteiger charge is -2.16. The van der Waals surface area contributed by atoms with Crippen molar-refractivity contribution in [3.8, 4) is 0 Å². The van der Waals surface area contributed by atoms with Crippen LogP contribution in [0.15, 0.2) is 30.5 Å². The molecule has 0 aliphatic heterocycles. The van der Waals surface area contributed by atoms with E-state index in [0.29, 0.717) is 12.2 Å². The van der Waals surface area contributed by atoms with Crippen molar-refractivity contribution in [2.24, 2.45) is 0 Å². The number of nitrogens with one attached hydrogen (secondary N) is 2. The lowest BCUT2D eigenvalue weighted by Crippen LogP contribution is -2.29. The third-order valence-corrected chi connectivity index (χ3v) is 3.28. The molecule has 2 N–H and O–H groups in total. The number of nitrogens with zero attached hydrogens (tertiary/aromatic N) is 2. The Bertz CT molecular complexity index is 664. The molecule has 0 aliphatic rings. The Balaban J connectivity index is 1.88. The topological polar surface area (TPSA) is 61.0 Å². The van der Waals surface area contributed by atoms with Crippen molar-refractivity contribution in [3.05, 3.63) is 47.3 Å². The smallest absolute Gasteiger partial charge is 0.325 e. The van der Waals surface area contributed by atoms with Crippen molar-refractivity contribution < 1.29 is 18.0 Å². The second-order valence-corrected chi connectivity index (χ2v) is 5.32. The third kappa shape index (κ3) is 4.82. The van der Waals surface area contributed by atoms with Crippen molar-refractivity contribution in [3.63, 3.8) is 0 Å². The molecule has 0 unspecified atom stereocenters. The number of halogens is 3. The van der Waals surface area contributed by atoms with Crippen LogP contribution < -0.4 is 5.32 Å². The molecule has 0 atom stereocenters. The minimum absolute atomic E-state index is 0.117. The number of aromatic amines is 1. The first kappa shape index (κ1) is 17.0. The Morgan fingerprint density at radius 2 is 1.96 bits per heavy atom. The molecule has 0 bridgehead atoms. The van der Waals surface area contributed by atoms with Gasteiger partial charge in [-0.2, -0.15) is 18.3 Å². The van der Waals surface area contributed by atoms with E-state index in [4.69, 9.17) is 0 Å². The Morgan fingerprint density at radius 1 is 1.30 bits per heavy atom. The fraction of sp³-hybridized carbons (Fsp3) is 0.333. The zero-order chi connectivity index (χ0) is 17.0. The van der Waals surface area contributed by atoms with Crippen LogP contribution in [0, 0.1) is 6.92 Å². The maximum absolute atomic E-state index is 12.5. The number of aromatic nitrogens is 2. The number of benzene rings is 1. The van der Waals surface area contributed by atoms with E-state index in [-0.39, 0.29) is 12.5 Å². The van der Waals surface area contributed by atoms with Gasteiger partial charge in [0.05, 0.1) is 18.3 Å². The van der Waals surface area contributed by atoms with Gasteiger partial charge in [0.15, 0.2) is 0 Å². The van der Waals surface area contributed by atoms with E-state index in [0.717, 1.165) is 23.4 Å². The molecule has 0 fully saturated rings. The van der Waals surface area contributed by atoms with E-state index in [1.165, 1.54) is 12.1 Å². The molecule has 0 aliphatic carbocycles. The van der Waals surface area contributed by atoms with Crippen molar-refractivity contribution in [2.75, 3.05) is 18.9 Å². The first-order chi connectivity index (χ1) is 10.8. The predicted octanol–water partition coefficient (Wildman–Crippen LogP) is 2.81. The van der Waals surface area contributed by atoms with Crippen molar-refractivity contribution >= 4 is 11.6 Å². The predicted molar refractivity (Wildman–Crippen MR) is 79.7 cm³/mol. The van der Waals surface area contributed by atoms with E-state index in [1.807, 2.05) is 6.92 Å². The number of H-pyrrole nitrogens is 1. The van der Waals surface area contributed by atoms with Crippen LogP contribution >= 0.6 is 0 Å². The first-order valence-corrected chi connectivity index (χ1v) is 6.90. The van der Waals surface area contributed by atoms with E-state index in [1.54, 1.807) is 18.1 Å². The largest absolute Gasteiger partial charge is 0.416 e. The van der Waals surface area contributed by atoms with E-state index >= 15 is 0 Å². The van der Waals surface area contributed by atoms with Gasteiger partial charge < -0.3 is 5.32 Å². The molecule has 0 saturated heterocycles. The SMILES string of the molecule is Cc1[nH]ncc1CN(C)CC(=O)Nc1ccc(C(F)(F)F)cc1. The summed E-state index contributed by atoms with van der Waals surface area (Å²) >= 11 is 0. The summed E-state index contributed by atoms with van der Waals surface area (Å²) < 4.78 is 37.4. The fourth-order valence-corrected chi connectivity index (χ4v) is 2.07. The van der Waals surface area contributed by atoms with Gasteiger partial charge >= 0.3 is 6.18 Å². The molecule has 0 spiro atoms. The van der Waals surface area contributed by atoms with Gasteiger partial charge in [-0.3, -0.25) is 14.8 Å². The van der Waals surface area contributed by atoms with Gasteiger partial charge in [0.25, 0.3) is 0 Å². The lowest BCUT2D eigenvalue weighted by molar-refractivity contribution is -0.137. The average Bonchev–Trinajstić information content (AvgIpc) is 2.83. The average molecular weight is 326 g/mol. The summed E-state index contributed by atoms with van der Waals surface area (Å²) in [5, 5.41) is 9.30. The lowest BCUT2D eigenvalue weighted by atomic mass is 10.2. The fourth-order valence-electron chi connectivity index (χ4n) is 2.07. The number of aryl methyl sites for hydroxylation is 1. The second kappa shape index (κ2) is 6.82. The maximum Gasteiger partial charge on any atom is 0.416 e. The summed E-state index contributed by atoms with van der Waals surface area (Å²) in [5.41, 5.74) is 1.49. The summed E-state index contributed by atoms with van der Waals surface area (Å²) in [6, 6.07) is 4.35. The molecule has 1 heterocycles. The molecule has 124 valence electrons. The molecule has 23 heavy (non-hydrogen) atoms. The highest BCUT2D eigenvalue weighted by atomic mass is 19.4. The molecule has 1 aromatic heterocycles. The Morgan fingerprint density at radius 3 is 2.48 bits per heavy atom. The summed E-state index contributed by atoms with van der Waals surface area (Å²) in [7, 11) is 1.78. The normalized spacial score (nSPS) is 11.7. The number of carbonyl (C=O) groups is 1. The highest BCUT2D eigenvalue weighted by Crippen LogP contribution is 2.29. The number of anilines is 1. The number of alkyl halides is 3. The second-order valence-electron chi connectivity index (χ2n) is 5.32. The van der Waals surface area contributed by atoms with Gasteiger partial charge in [-0.25, -0.2) is 0 Å². The zero-order valence-electron chi connectivity index (χ0n) is 12.7. The summed E-state index contributed by atoms with van der Waals surface area (Å²) in [6.07, 6.45) is -2.69. The van der Waals surface area contributed by atoms with Crippen LogP contribution in [0.4, 0.5) is 18.9 Å². The monoisotopic (exact) mass is 326 g/mol. The summed E-state index contributed by atoms with van der Waals surface area (Å²) in [6.45, 7) is 2.55. The number of hydrogen-bond donors (Lipinski definition) is 2. The molecule has 2 rings (SSSR count). The van der Waals surface area contributed by atoms with Gasteiger partial charge in [-0.05, 0) is 38.2 Å². The number of amides is 1. The Kier molecular flexibility index (Phi) is 5.05. The summed E-state index contributed by atoms with van der Waals surface area (Å²) in [4.78, 5) is 13.7. The highest BCUT2D eigenvalue weighted by molar-refractivity contribution is 5.92. The zero-order valence-corrected chi connectivity index (χ0v) is 12.7. The molecular weight excluding hydrogens is 309 g/mol. The van der Waals surface area contributed by atoms with Gasteiger partial charge in [0.1, 0.15) is 0 Å². The number of carbonyl (C=O) groups excluding carboxylic acids is 1. The number of hydrogen-bond acceptors (Lipinski definition) is 3.